The Morgan fingerprint density at radius 1 is 1.40 bits per heavy atom. The van der Waals surface area contributed by atoms with Crippen LogP contribution in [0.3, 0.4) is 0 Å². The molecule has 0 amide bonds. The van der Waals surface area contributed by atoms with Gasteiger partial charge in [0.2, 0.25) is 0 Å². The SMILES string of the molecule is CCn1nc(C)c(Cl)c1CNCc1cc(Br)ccc1F. The number of halogens is 3. The van der Waals surface area contributed by atoms with Gasteiger partial charge in [0.15, 0.2) is 0 Å². The minimum absolute atomic E-state index is 0.216. The van der Waals surface area contributed by atoms with Gasteiger partial charge in [0.05, 0.1) is 16.4 Å². The van der Waals surface area contributed by atoms with E-state index in [-0.39, 0.29) is 5.82 Å². The highest BCUT2D eigenvalue weighted by Crippen LogP contribution is 2.20. The zero-order valence-corrected chi connectivity index (χ0v) is 13.7. The maximum absolute atomic E-state index is 13.6. The molecule has 0 aliphatic heterocycles. The number of hydrogen-bond donors (Lipinski definition) is 1. The van der Waals surface area contributed by atoms with Crippen LogP contribution in [0.25, 0.3) is 0 Å². The molecule has 3 nitrogen and oxygen atoms in total. The Labute approximate surface area is 131 Å². The van der Waals surface area contributed by atoms with Crippen LogP contribution < -0.4 is 5.32 Å². The van der Waals surface area contributed by atoms with Gasteiger partial charge in [-0.1, -0.05) is 27.5 Å². The molecule has 1 N–H and O–H groups in total. The molecule has 108 valence electrons. The van der Waals surface area contributed by atoms with Crippen molar-refractivity contribution in [3.05, 3.63) is 50.5 Å². The molecule has 0 atom stereocenters. The van der Waals surface area contributed by atoms with Gasteiger partial charge in [-0.25, -0.2) is 4.39 Å². The Morgan fingerprint density at radius 3 is 2.85 bits per heavy atom. The average Bonchev–Trinajstić information content (AvgIpc) is 2.70. The first-order chi connectivity index (χ1) is 9.52. The molecule has 0 aliphatic rings. The molecule has 1 aromatic heterocycles. The molecule has 0 bridgehead atoms. The molecule has 0 saturated carbocycles. The van der Waals surface area contributed by atoms with Gasteiger partial charge in [0.1, 0.15) is 5.82 Å². The summed E-state index contributed by atoms with van der Waals surface area (Å²) in [5.74, 6) is -0.216. The van der Waals surface area contributed by atoms with E-state index in [2.05, 4.69) is 26.3 Å². The zero-order chi connectivity index (χ0) is 14.7. The van der Waals surface area contributed by atoms with Gasteiger partial charge in [-0.05, 0) is 32.0 Å². The van der Waals surface area contributed by atoms with Crippen LogP contribution in [0.5, 0.6) is 0 Å². The van der Waals surface area contributed by atoms with Crippen molar-refractivity contribution in [2.24, 2.45) is 0 Å². The monoisotopic (exact) mass is 359 g/mol. The maximum atomic E-state index is 13.6. The first kappa shape index (κ1) is 15.5. The minimum Gasteiger partial charge on any atom is -0.307 e. The molecule has 0 unspecified atom stereocenters. The minimum atomic E-state index is -0.216. The summed E-state index contributed by atoms with van der Waals surface area (Å²) in [6, 6.07) is 4.91. The Balaban J connectivity index is 2.04. The summed E-state index contributed by atoms with van der Waals surface area (Å²) >= 11 is 9.57. The van der Waals surface area contributed by atoms with Crippen LogP contribution in [0.4, 0.5) is 4.39 Å². The second-order valence-electron chi connectivity index (χ2n) is 4.50. The van der Waals surface area contributed by atoms with Crippen molar-refractivity contribution in [3.63, 3.8) is 0 Å². The van der Waals surface area contributed by atoms with E-state index in [4.69, 9.17) is 11.6 Å². The lowest BCUT2D eigenvalue weighted by Crippen LogP contribution is -2.17. The van der Waals surface area contributed by atoms with Crippen LogP contribution in [0, 0.1) is 12.7 Å². The Hall–Kier alpha value is -0.910. The number of aromatic nitrogens is 2. The van der Waals surface area contributed by atoms with E-state index in [1.54, 1.807) is 12.1 Å². The van der Waals surface area contributed by atoms with Crippen molar-refractivity contribution < 1.29 is 4.39 Å². The topological polar surface area (TPSA) is 29.9 Å². The standard InChI is InChI=1S/C14H16BrClFN3/c1-3-20-13(14(16)9(2)19-20)8-18-7-10-6-11(15)4-5-12(10)17/h4-6,18H,3,7-8H2,1-2H3. The molecule has 1 aromatic carbocycles. The van der Waals surface area contributed by atoms with Crippen molar-refractivity contribution in [2.75, 3.05) is 0 Å². The predicted molar refractivity (Wildman–Crippen MR) is 82.3 cm³/mol. The molecule has 0 saturated heterocycles. The van der Waals surface area contributed by atoms with Gasteiger partial charge >= 0.3 is 0 Å². The van der Waals surface area contributed by atoms with Gasteiger partial charge < -0.3 is 5.32 Å². The van der Waals surface area contributed by atoms with Gasteiger partial charge in [0, 0.05) is 29.7 Å². The van der Waals surface area contributed by atoms with Gasteiger partial charge in [-0.15, -0.1) is 0 Å². The molecule has 6 heteroatoms. The lowest BCUT2D eigenvalue weighted by atomic mass is 10.2. The number of rotatable bonds is 5. The van der Waals surface area contributed by atoms with Crippen molar-refractivity contribution in [1.29, 1.82) is 0 Å². The van der Waals surface area contributed by atoms with Crippen molar-refractivity contribution in [2.45, 2.75) is 33.5 Å². The lowest BCUT2D eigenvalue weighted by molar-refractivity contribution is 0.560. The molecule has 2 aromatic rings. The summed E-state index contributed by atoms with van der Waals surface area (Å²) in [7, 11) is 0. The summed E-state index contributed by atoms with van der Waals surface area (Å²) in [6.07, 6.45) is 0. The van der Waals surface area contributed by atoms with Crippen LogP contribution in [-0.2, 0) is 19.6 Å². The second-order valence-corrected chi connectivity index (χ2v) is 5.79. The van der Waals surface area contributed by atoms with Gasteiger partial charge in [-0.3, -0.25) is 4.68 Å². The van der Waals surface area contributed by atoms with Crippen LogP contribution in [-0.4, -0.2) is 9.78 Å². The summed E-state index contributed by atoms with van der Waals surface area (Å²) < 4.78 is 16.3. The fraction of sp³-hybridized carbons (Fsp3) is 0.357. The highest BCUT2D eigenvalue weighted by atomic mass is 79.9. The first-order valence-corrected chi connectivity index (χ1v) is 7.56. The molecule has 1 heterocycles. The number of hydrogen-bond acceptors (Lipinski definition) is 2. The average molecular weight is 361 g/mol. The number of nitrogens with zero attached hydrogens (tertiary/aromatic N) is 2. The van der Waals surface area contributed by atoms with E-state index < -0.39 is 0 Å². The third-order valence-electron chi connectivity index (χ3n) is 3.07. The fourth-order valence-corrected chi connectivity index (χ4v) is 2.64. The predicted octanol–water partition coefficient (Wildman–Crippen LogP) is 4.06. The Kier molecular flexibility index (Phi) is 5.18. The molecule has 0 aliphatic carbocycles. The Bertz CT molecular complexity index is 613. The lowest BCUT2D eigenvalue weighted by Gasteiger charge is -2.08. The van der Waals surface area contributed by atoms with E-state index in [0.717, 1.165) is 22.4 Å². The number of aryl methyl sites for hydroxylation is 2. The summed E-state index contributed by atoms with van der Waals surface area (Å²) in [4.78, 5) is 0. The first-order valence-electron chi connectivity index (χ1n) is 6.39. The van der Waals surface area contributed by atoms with E-state index in [0.29, 0.717) is 23.7 Å². The fourth-order valence-electron chi connectivity index (χ4n) is 2.03. The molecular weight excluding hydrogens is 345 g/mol. The van der Waals surface area contributed by atoms with Crippen LogP contribution >= 0.6 is 27.5 Å². The molecule has 0 radical (unpaired) electrons. The Morgan fingerprint density at radius 2 is 2.15 bits per heavy atom. The second kappa shape index (κ2) is 6.70. The smallest absolute Gasteiger partial charge is 0.127 e. The largest absolute Gasteiger partial charge is 0.307 e. The van der Waals surface area contributed by atoms with E-state index >= 15 is 0 Å². The van der Waals surface area contributed by atoms with E-state index in [9.17, 15) is 4.39 Å². The zero-order valence-electron chi connectivity index (χ0n) is 11.4. The highest BCUT2D eigenvalue weighted by Gasteiger charge is 2.12. The van der Waals surface area contributed by atoms with Gasteiger partial charge in [-0.2, -0.15) is 5.10 Å². The summed E-state index contributed by atoms with van der Waals surface area (Å²) in [5.41, 5.74) is 2.37. The van der Waals surface area contributed by atoms with Crippen molar-refractivity contribution in [3.8, 4) is 0 Å². The molecular formula is C14H16BrClFN3. The quantitative estimate of drug-likeness (QED) is 0.871. The van der Waals surface area contributed by atoms with Crippen LogP contribution in [0.2, 0.25) is 5.02 Å². The summed E-state index contributed by atoms with van der Waals surface area (Å²) in [6.45, 7) is 5.65. The summed E-state index contributed by atoms with van der Waals surface area (Å²) in [5, 5.41) is 8.23. The molecule has 2 rings (SSSR count). The van der Waals surface area contributed by atoms with Crippen molar-refractivity contribution >= 4 is 27.5 Å². The van der Waals surface area contributed by atoms with E-state index in [1.165, 1.54) is 6.07 Å². The van der Waals surface area contributed by atoms with Crippen LogP contribution in [0.1, 0.15) is 23.9 Å². The molecule has 0 spiro atoms. The number of benzene rings is 1. The third-order valence-corrected chi connectivity index (χ3v) is 4.05. The highest BCUT2D eigenvalue weighted by molar-refractivity contribution is 9.10. The number of nitrogens with one attached hydrogen (secondary N) is 1. The third kappa shape index (κ3) is 3.40. The molecule has 0 fully saturated rings. The van der Waals surface area contributed by atoms with E-state index in [1.807, 2.05) is 18.5 Å². The molecule has 20 heavy (non-hydrogen) atoms. The van der Waals surface area contributed by atoms with Crippen molar-refractivity contribution in [1.82, 2.24) is 15.1 Å². The maximum Gasteiger partial charge on any atom is 0.127 e. The van der Waals surface area contributed by atoms with Crippen LogP contribution in [0.15, 0.2) is 22.7 Å². The van der Waals surface area contributed by atoms with Gasteiger partial charge in [0.25, 0.3) is 0 Å². The normalized spacial score (nSPS) is 11.1.